The Morgan fingerprint density at radius 1 is 1.38 bits per heavy atom. The van der Waals surface area contributed by atoms with Gasteiger partial charge in [-0.15, -0.1) is 0 Å². The molecule has 0 aromatic heterocycles. The lowest BCUT2D eigenvalue weighted by Gasteiger charge is -2.29. The highest BCUT2D eigenvalue weighted by atomic mass is 79.9. The molecule has 1 aliphatic rings. The van der Waals surface area contributed by atoms with Crippen molar-refractivity contribution in [3.8, 4) is 0 Å². The molecule has 1 fully saturated rings. The topological polar surface area (TPSA) is 86.7 Å². The average Bonchev–Trinajstić information content (AvgIpc) is 2.47. The van der Waals surface area contributed by atoms with Crippen LogP contribution >= 0.6 is 15.9 Å². The van der Waals surface area contributed by atoms with E-state index in [0.717, 1.165) is 10.0 Å². The summed E-state index contributed by atoms with van der Waals surface area (Å²) in [5.41, 5.74) is 0.841. The van der Waals surface area contributed by atoms with Gasteiger partial charge in [0.2, 0.25) is 0 Å². The van der Waals surface area contributed by atoms with Gasteiger partial charge in [-0.2, -0.15) is 17.4 Å². The maximum Gasteiger partial charge on any atom is 0.307 e. The van der Waals surface area contributed by atoms with Gasteiger partial charge in [0.25, 0.3) is 10.2 Å². The number of rotatable bonds is 5. The van der Waals surface area contributed by atoms with Gasteiger partial charge in [0.1, 0.15) is 0 Å². The number of hydrogen-bond acceptors (Lipinski definition) is 3. The van der Waals surface area contributed by atoms with Gasteiger partial charge >= 0.3 is 5.97 Å². The molecular formula is C13H17BrN2O4S. The molecule has 8 heteroatoms. The van der Waals surface area contributed by atoms with Gasteiger partial charge in [0.15, 0.2) is 0 Å². The third kappa shape index (κ3) is 4.50. The van der Waals surface area contributed by atoms with E-state index >= 15 is 0 Å². The van der Waals surface area contributed by atoms with Crippen LogP contribution in [0.2, 0.25) is 0 Å². The molecule has 1 aromatic rings. The molecule has 1 atom stereocenters. The van der Waals surface area contributed by atoms with Crippen LogP contribution in [0.15, 0.2) is 28.7 Å². The number of piperidine rings is 1. The second-order valence-corrected chi connectivity index (χ2v) is 7.66. The summed E-state index contributed by atoms with van der Waals surface area (Å²) in [7, 11) is -3.65. The molecule has 1 aromatic carbocycles. The fourth-order valence-electron chi connectivity index (χ4n) is 2.23. The first kappa shape index (κ1) is 16.4. The number of carboxylic acid groups (broad SMARTS) is 1. The summed E-state index contributed by atoms with van der Waals surface area (Å²) in [5, 5.41) is 9.01. The number of aliphatic carboxylic acids is 1. The molecule has 21 heavy (non-hydrogen) atoms. The maximum absolute atomic E-state index is 12.2. The predicted molar refractivity (Wildman–Crippen MR) is 81.8 cm³/mol. The molecule has 0 aliphatic carbocycles. The molecule has 2 N–H and O–H groups in total. The highest BCUT2D eigenvalue weighted by molar-refractivity contribution is 9.10. The molecule has 1 aliphatic heterocycles. The lowest BCUT2D eigenvalue weighted by atomic mass is 10.0. The van der Waals surface area contributed by atoms with Gasteiger partial charge in [-0.3, -0.25) is 4.79 Å². The molecule has 0 amide bonds. The van der Waals surface area contributed by atoms with Gasteiger partial charge in [-0.05, 0) is 30.5 Å². The first-order valence-corrected chi connectivity index (χ1v) is 8.84. The number of benzene rings is 1. The van der Waals surface area contributed by atoms with Crippen LogP contribution in [0.3, 0.4) is 0 Å². The fraction of sp³-hybridized carbons (Fsp3) is 0.462. The van der Waals surface area contributed by atoms with Crippen LogP contribution < -0.4 is 4.72 Å². The van der Waals surface area contributed by atoms with E-state index in [1.165, 1.54) is 4.31 Å². The molecule has 6 nitrogen and oxygen atoms in total. The monoisotopic (exact) mass is 376 g/mol. The van der Waals surface area contributed by atoms with Gasteiger partial charge in [-0.1, -0.05) is 28.1 Å². The Labute approximate surface area is 132 Å². The number of nitrogens with one attached hydrogen (secondary N) is 1. The summed E-state index contributed by atoms with van der Waals surface area (Å²) in [5.74, 6) is -1.56. The first-order chi connectivity index (χ1) is 9.88. The van der Waals surface area contributed by atoms with E-state index in [0.29, 0.717) is 19.4 Å². The SMILES string of the molecule is O=C(O)C1CCCN(S(=O)(=O)NCc2ccc(Br)cc2)C1. The van der Waals surface area contributed by atoms with Gasteiger partial charge in [-0.25, -0.2) is 0 Å². The second-order valence-electron chi connectivity index (χ2n) is 4.99. The number of carboxylic acids is 1. The van der Waals surface area contributed by atoms with E-state index in [9.17, 15) is 13.2 Å². The molecule has 0 spiro atoms. The summed E-state index contributed by atoms with van der Waals surface area (Å²) in [6.45, 7) is 0.578. The van der Waals surface area contributed by atoms with Crippen LogP contribution in [-0.4, -0.2) is 36.9 Å². The van der Waals surface area contributed by atoms with E-state index in [1.807, 2.05) is 24.3 Å². The van der Waals surface area contributed by atoms with Crippen molar-refractivity contribution in [2.75, 3.05) is 13.1 Å². The Bertz CT molecular complexity index is 603. The van der Waals surface area contributed by atoms with E-state index in [4.69, 9.17) is 5.11 Å². The molecule has 0 bridgehead atoms. The Kier molecular flexibility index (Phi) is 5.37. The van der Waals surface area contributed by atoms with Crippen LogP contribution in [0.4, 0.5) is 0 Å². The maximum atomic E-state index is 12.2. The van der Waals surface area contributed by atoms with Crippen molar-refractivity contribution in [2.24, 2.45) is 5.92 Å². The zero-order chi connectivity index (χ0) is 15.5. The molecule has 1 heterocycles. The molecule has 0 saturated carbocycles. The van der Waals surface area contributed by atoms with Crippen LogP contribution in [0.25, 0.3) is 0 Å². The standard InChI is InChI=1S/C13H17BrN2O4S/c14-12-5-3-10(4-6-12)8-15-21(19,20)16-7-1-2-11(9-16)13(17)18/h3-6,11,15H,1-2,7-9H2,(H,17,18). The number of halogens is 1. The average molecular weight is 377 g/mol. The molecule has 1 unspecified atom stereocenters. The summed E-state index contributed by atoms with van der Waals surface area (Å²) in [6.07, 6.45) is 1.09. The van der Waals surface area contributed by atoms with E-state index < -0.39 is 22.1 Å². The third-order valence-corrected chi connectivity index (χ3v) is 5.49. The Morgan fingerprint density at radius 2 is 2.05 bits per heavy atom. The largest absolute Gasteiger partial charge is 0.481 e. The molecule has 2 rings (SSSR count). The summed E-state index contributed by atoms with van der Waals surface area (Å²) in [4.78, 5) is 11.0. The molecule has 116 valence electrons. The first-order valence-electron chi connectivity index (χ1n) is 6.60. The lowest BCUT2D eigenvalue weighted by molar-refractivity contribution is -0.142. The lowest BCUT2D eigenvalue weighted by Crippen LogP contribution is -2.47. The van der Waals surface area contributed by atoms with Crippen LogP contribution in [0.5, 0.6) is 0 Å². The van der Waals surface area contributed by atoms with Crippen LogP contribution in [-0.2, 0) is 21.5 Å². The van der Waals surface area contributed by atoms with Crippen LogP contribution in [0, 0.1) is 5.92 Å². The Hall–Kier alpha value is -0.960. The van der Waals surface area contributed by atoms with Crippen molar-refractivity contribution < 1.29 is 18.3 Å². The summed E-state index contributed by atoms with van der Waals surface area (Å²) >= 11 is 3.32. The van der Waals surface area contributed by atoms with E-state index in [1.54, 1.807) is 0 Å². The highest BCUT2D eigenvalue weighted by Crippen LogP contribution is 2.19. The highest BCUT2D eigenvalue weighted by Gasteiger charge is 2.31. The normalized spacial score (nSPS) is 20.3. The molecular weight excluding hydrogens is 360 g/mol. The molecule has 1 saturated heterocycles. The van der Waals surface area contributed by atoms with Crippen molar-refractivity contribution in [3.63, 3.8) is 0 Å². The van der Waals surface area contributed by atoms with Crippen molar-refractivity contribution in [2.45, 2.75) is 19.4 Å². The summed E-state index contributed by atoms with van der Waals surface area (Å²) in [6, 6.07) is 7.32. The quantitative estimate of drug-likeness (QED) is 0.816. The number of carbonyl (C=O) groups is 1. The van der Waals surface area contributed by atoms with E-state index in [2.05, 4.69) is 20.7 Å². The minimum absolute atomic E-state index is 0.0327. The Morgan fingerprint density at radius 3 is 2.67 bits per heavy atom. The predicted octanol–water partition coefficient (Wildman–Crippen LogP) is 1.58. The second kappa shape index (κ2) is 6.87. The van der Waals surface area contributed by atoms with Crippen LogP contribution in [0.1, 0.15) is 18.4 Å². The van der Waals surface area contributed by atoms with Crippen molar-refractivity contribution >= 4 is 32.1 Å². The summed E-state index contributed by atoms with van der Waals surface area (Å²) < 4.78 is 29.1. The van der Waals surface area contributed by atoms with Gasteiger partial charge in [0.05, 0.1) is 5.92 Å². The number of hydrogen-bond donors (Lipinski definition) is 2. The zero-order valence-electron chi connectivity index (χ0n) is 11.3. The number of nitrogens with zero attached hydrogens (tertiary/aromatic N) is 1. The van der Waals surface area contributed by atoms with Crippen molar-refractivity contribution in [3.05, 3.63) is 34.3 Å². The minimum atomic E-state index is -3.65. The molecule has 0 radical (unpaired) electrons. The smallest absolute Gasteiger partial charge is 0.307 e. The van der Waals surface area contributed by atoms with E-state index in [-0.39, 0.29) is 13.1 Å². The fourth-order valence-corrected chi connectivity index (χ4v) is 3.77. The van der Waals surface area contributed by atoms with Gasteiger partial charge in [0, 0.05) is 24.1 Å². The Balaban J connectivity index is 1.97. The van der Waals surface area contributed by atoms with Crippen molar-refractivity contribution in [1.29, 1.82) is 0 Å². The zero-order valence-corrected chi connectivity index (χ0v) is 13.7. The minimum Gasteiger partial charge on any atom is -0.481 e. The third-order valence-electron chi connectivity index (χ3n) is 3.45. The van der Waals surface area contributed by atoms with Gasteiger partial charge < -0.3 is 5.11 Å². The van der Waals surface area contributed by atoms with Crippen molar-refractivity contribution in [1.82, 2.24) is 9.03 Å².